The van der Waals surface area contributed by atoms with E-state index in [0.717, 1.165) is 50.9 Å². The fourth-order valence-corrected chi connectivity index (χ4v) is 4.41. The Morgan fingerprint density at radius 1 is 1.11 bits per heavy atom. The SMILES string of the molecule is CC[C@@]1(C)C[C@](CC[NH2+]Cc2ccccc2O)(c2ccc(C)cc2)CCO1. The summed E-state index contributed by atoms with van der Waals surface area (Å²) in [5.41, 5.74) is 3.90. The van der Waals surface area contributed by atoms with Gasteiger partial charge in [-0.25, -0.2) is 0 Å². The van der Waals surface area contributed by atoms with E-state index in [4.69, 9.17) is 4.74 Å². The highest BCUT2D eigenvalue weighted by molar-refractivity contribution is 5.31. The number of rotatable bonds is 7. The number of phenolic OH excluding ortho intramolecular Hbond substituents is 1. The van der Waals surface area contributed by atoms with E-state index in [1.807, 2.05) is 18.2 Å². The second-order valence-electron chi connectivity index (χ2n) is 8.39. The Morgan fingerprint density at radius 3 is 2.56 bits per heavy atom. The summed E-state index contributed by atoms with van der Waals surface area (Å²) in [6.45, 7) is 9.34. The number of phenols is 1. The number of quaternary nitrogens is 1. The summed E-state index contributed by atoms with van der Waals surface area (Å²) in [6, 6.07) is 16.7. The Morgan fingerprint density at radius 2 is 1.85 bits per heavy atom. The van der Waals surface area contributed by atoms with Gasteiger partial charge in [-0.3, -0.25) is 0 Å². The molecule has 0 saturated carbocycles. The first-order chi connectivity index (χ1) is 13.0. The second-order valence-corrected chi connectivity index (χ2v) is 8.39. The van der Waals surface area contributed by atoms with Gasteiger partial charge in [-0.2, -0.15) is 0 Å². The van der Waals surface area contributed by atoms with Gasteiger partial charge >= 0.3 is 0 Å². The molecule has 1 aliphatic heterocycles. The van der Waals surface area contributed by atoms with Gasteiger partial charge in [0.2, 0.25) is 0 Å². The van der Waals surface area contributed by atoms with Crippen molar-refractivity contribution in [1.82, 2.24) is 0 Å². The van der Waals surface area contributed by atoms with E-state index in [1.165, 1.54) is 11.1 Å². The standard InChI is InChI=1S/C24H33NO2/c1-4-23(3)18-24(14-16-27-23,21-11-9-19(2)10-12-21)13-15-25-17-20-7-5-6-8-22(20)26/h5-12,25-26H,4,13-18H2,1-3H3/p+1/t23-,24+/m0/s1. The summed E-state index contributed by atoms with van der Waals surface area (Å²) in [7, 11) is 0. The minimum atomic E-state index is -0.0408. The van der Waals surface area contributed by atoms with Gasteiger partial charge < -0.3 is 15.2 Å². The Balaban J connectivity index is 1.72. The van der Waals surface area contributed by atoms with E-state index >= 15 is 0 Å². The van der Waals surface area contributed by atoms with Gasteiger partial charge in [0, 0.05) is 24.0 Å². The third-order valence-electron chi connectivity index (χ3n) is 6.34. The van der Waals surface area contributed by atoms with Crippen LogP contribution in [0.4, 0.5) is 0 Å². The maximum Gasteiger partial charge on any atom is 0.124 e. The van der Waals surface area contributed by atoms with E-state index in [9.17, 15) is 5.11 Å². The number of hydrogen-bond donors (Lipinski definition) is 2. The lowest BCUT2D eigenvalue weighted by Crippen LogP contribution is -2.83. The average Bonchev–Trinajstić information content (AvgIpc) is 2.67. The number of para-hydroxylation sites is 1. The lowest BCUT2D eigenvalue weighted by atomic mass is 9.66. The van der Waals surface area contributed by atoms with Crippen LogP contribution in [-0.4, -0.2) is 23.9 Å². The third-order valence-corrected chi connectivity index (χ3v) is 6.34. The molecule has 1 heterocycles. The van der Waals surface area contributed by atoms with Crippen molar-refractivity contribution in [3.8, 4) is 5.75 Å². The van der Waals surface area contributed by atoms with Gasteiger partial charge in [0.15, 0.2) is 0 Å². The molecule has 2 aromatic rings. The fraction of sp³-hybridized carbons (Fsp3) is 0.500. The molecule has 2 atom stereocenters. The van der Waals surface area contributed by atoms with Crippen LogP contribution in [0.5, 0.6) is 5.75 Å². The molecule has 0 amide bonds. The predicted molar refractivity (Wildman–Crippen MR) is 110 cm³/mol. The van der Waals surface area contributed by atoms with Gasteiger partial charge in [-0.1, -0.05) is 48.9 Å². The molecular weight excluding hydrogens is 334 g/mol. The summed E-state index contributed by atoms with van der Waals surface area (Å²) in [6.07, 6.45) is 4.32. The largest absolute Gasteiger partial charge is 0.507 e. The first kappa shape index (κ1) is 19.9. The summed E-state index contributed by atoms with van der Waals surface area (Å²) in [4.78, 5) is 0. The van der Waals surface area contributed by atoms with Crippen LogP contribution in [0.25, 0.3) is 0 Å². The smallest absolute Gasteiger partial charge is 0.124 e. The van der Waals surface area contributed by atoms with E-state index in [1.54, 1.807) is 6.07 Å². The van der Waals surface area contributed by atoms with Crippen molar-refractivity contribution in [2.45, 2.75) is 64.0 Å². The molecule has 146 valence electrons. The highest BCUT2D eigenvalue weighted by atomic mass is 16.5. The predicted octanol–water partition coefficient (Wildman–Crippen LogP) is 4.07. The molecule has 3 nitrogen and oxygen atoms in total. The van der Waals surface area contributed by atoms with Crippen molar-refractivity contribution < 1.29 is 15.2 Å². The van der Waals surface area contributed by atoms with Gasteiger partial charge in [0.25, 0.3) is 0 Å². The Labute approximate surface area is 163 Å². The van der Waals surface area contributed by atoms with Crippen LogP contribution in [0.3, 0.4) is 0 Å². The molecule has 2 aromatic carbocycles. The molecular formula is C24H34NO2+. The molecule has 1 saturated heterocycles. The van der Waals surface area contributed by atoms with Crippen molar-refractivity contribution in [2.24, 2.45) is 0 Å². The molecule has 0 unspecified atom stereocenters. The Hall–Kier alpha value is -1.84. The lowest BCUT2D eigenvalue weighted by molar-refractivity contribution is -0.672. The molecule has 1 fully saturated rings. The first-order valence-electron chi connectivity index (χ1n) is 10.3. The number of nitrogens with two attached hydrogens (primary N) is 1. The molecule has 1 aliphatic rings. The number of ether oxygens (including phenoxy) is 1. The van der Waals surface area contributed by atoms with Gasteiger partial charge in [-0.15, -0.1) is 0 Å². The van der Waals surface area contributed by atoms with E-state index in [-0.39, 0.29) is 11.0 Å². The number of aryl methyl sites for hydroxylation is 1. The van der Waals surface area contributed by atoms with Crippen LogP contribution in [0.1, 0.15) is 56.2 Å². The summed E-state index contributed by atoms with van der Waals surface area (Å²) < 4.78 is 6.16. The van der Waals surface area contributed by atoms with Crippen molar-refractivity contribution in [3.05, 3.63) is 65.2 Å². The van der Waals surface area contributed by atoms with Crippen LogP contribution < -0.4 is 5.32 Å². The van der Waals surface area contributed by atoms with Crippen LogP contribution >= 0.6 is 0 Å². The Bertz CT molecular complexity index is 742. The average molecular weight is 369 g/mol. The van der Waals surface area contributed by atoms with E-state index in [2.05, 4.69) is 50.4 Å². The number of hydrogen-bond acceptors (Lipinski definition) is 2. The van der Waals surface area contributed by atoms with Crippen molar-refractivity contribution >= 4 is 0 Å². The molecule has 3 rings (SSSR count). The fourth-order valence-electron chi connectivity index (χ4n) is 4.41. The van der Waals surface area contributed by atoms with Crippen LogP contribution in [-0.2, 0) is 16.7 Å². The summed E-state index contributed by atoms with van der Waals surface area (Å²) in [5.74, 6) is 0.395. The van der Waals surface area contributed by atoms with Crippen LogP contribution in [0.15, 0.2) is 48.5 Å². The minimum absolute atomic E-state index is 0.0408. The lowest BCUT2D eigenvalue weighted by Gasteiger charge is -2.46. The zero-order valence-electron chi connectivity index (χ0n) is 17.0. The summed E-state index contributed by atoms with van der Waals surface area (Å²) >= 11 is 0. The van der Waals surface area contributed by atoms with E-state index < -0.39 is 0 Å². The molecule has 27 heavy (non-hydrogen) atoms. The monoisotopic (exact) mass is 368 g/mol. The highest BCUT2D eigenvalue weighted by Gasteiger charge is 2.43. The zero-order chi connectivity index (χ0) is 19.3. The Kier molecular flexibility index (Phi) is 6.23. The molecule has 3 N–H and O–H groups in total. The molecule has 0 aliphatic carbocycles. The van der Waals surface area contributed by atoms with Crippen LogP contribution in [0, 0.1) is 6.92 Å². The highest BCUT2D eigenvalue weighted by Crippen LogP contribution is 2.45. The molecule has 0 aromatic heterocycles. The third kappa shape index (κ3) is 4.72. The second kappa shape index (κ2) is 8.45. The normalized spacial score (nSPS) is 25.4. The van der Waals surface area contributed by atoms with Crippen molar-refractivity contribution in [2.75, 3.05) is 13.2 Å². The van der Waals surface area contributed by atoms with Crippen molar-refractivity contribution in [3.63, 3.8) is 0 Å². The molecule has 3 heteroatoms. The van der Waals surface area contributed by atoms with Crippen LogP contribution in [0.2, 0.25) is 0 Å². The molecule has 0 spiro atoms. The maximum atomic E-state index is 9.98. The quantitative estimate of drug-likeness (QED) is 0.724. The van der Waals surface area contributed by atoms with E-state index in [0.29, 0.717) is 5.75 Å². The van der Waals surface area contributed by atoms with Gasteiger partial charge in [-0.05, 0) is 50.8 Å². The first-order valence-corrected chi connectivity index (χ1v) is 10.3. The topological polar surface area (TPSA) is 46.1 Å². The van der Waals surface area contributed by atoms with Gasteiger partial charge in [0.05, 0.1) is 12.1 Å². The zero-order valence-corrected chi connectivity index (χ0v) is 17.0. The minimum Gasteiger partial charge on any atom is -0.507 e. The number of benzene rings is 2. The van der Waals surface area contributed by atoms with Gasteiger partial charge in [0.1, 0.15) is 12.3 Å². The van der Waals surface area contributed by atoms with Crippen molar-refractivity contribution in [1.29, 1.82) is 0 Å². The number of aromatic hydroxyl groups is 1. The molecule has 0 bridgehead atoms. The maximum absolute atomic E-state index is 9.98. The summed E-state index contributed by atoms with van der Waals surface area (Å²) in [5, 5.41) is 12.3. The molecule has 0 radical (unpaired) electrons.